The van der Waals surface area contributed by atoms with E-state index in [2.05, 4.69) is 15.0 Å². The number of carbonyl (C=O) groups excluding carboxylic acids is 1. The Labute approximate surface area is 106 Å². The van der Waals surface area contributed by atoms with Crippen LogP contribution in [0.4, 0.5) is 24.7 Å². The highest BCUT2D eigenvalue weighted by atomic mass is 19.4. The lowest BCUT2D eigenvalue weighted by Crippen LogP contribution is -2.39. The number of hydrogen-bond donors (Lipinski definition) is 2. The quantitative estimate of drug-likeness (QED) is 0.824. The van der Waals surface area contributed by atoms with Gasteiger partial charge in [0, 0.05) is 0 Å². The number of nitrogens with one attached hydrogen (secondary N) is 1. The van der Waals surface area contributed by atoms with Gasteiger partial charge in [0.25, 0.3) is 0 Å². The number of nitrogens with two attached hydrogens (primary N) is 1. The molecule has 3 N–H and O–H groups in total. The number of aromatic nitrogens is 1. The van der Waals surface area contributed by atoms with Crippen LogP contribution < -0.4 is 11.1 Å². The second-order valence-corrected chi connectivity index (χ2v) is 4.35. The van der Waals surface area contributed by atoms with Gasteiger partial charge in [-0.1, -0.05) is 0 Å². The zero-order valence-electron chi connectivity index (χ0n) is 10.0. The number of esters is 1. The molecule has 1 aliphatic rings. The summed E-state index contributed by atoms with van der Waals surface area (Å²) in [6.45, 7) is 0. The Bertz CT molecular complexity index is 512. The average molecular weight is 275 g/mol. The van der Waals surface area contributed by atoms with Crippen molar-refractivity contribution in [1.82, 2.24) is 4.98 Å². The predicted octanol–water partition coefficient (Wildman–Crippen LogP) is 1.96. The highest BCUT2D eigenvalue weighted by Crippen LogP contribution is 2.51. The van der Waals surface area contributed by atoms with Crippen LogP contribution in [-0.2, 0) is 4.74 Å². The van der Waals surface area contributed by atoms with Crippen molar-refractivity contribution < 1.29 is 22.7 Å². The number of nitrogens with zero attached hydrogens (tertiary/aromatic N) is 1. The van der Waals surface area contributed by atoms with Gasteiger partial charge in [0.1, 0.15) is 11.4 Å². The average Bonchev–Trinajstić information content (AvgIpc) is 3.11. The molecule has 1 fully saturated rings. The zero-order chi connectivity index (χ0) is 14.3. The van der Waals surface area contributed by atoms with Gasteiger partial charge < -0.3 is 15.8 Å². The summed E-state index contributed by atoms with van der Waals surface area (Å²) in [4.78, 5) is 15.2. The molecule has 0 saturated heterocycles. The molecule has 1 aliphatic carbocycles. The number of alkyl halides is 3. The molecule has 19 heavy (non-hydrogen) atoms. The van der Waals surface area contributed by atoms with E-state index in [1.165, 1.54) is 6.07 Å². The van der Waals surface area contributed by atoms with Crippen molar-refractivity contribution in [2.45, 2.75) is 24.6 Å². The van der Waals surface area contributed by atoms with Crippen molar-refractivity contribution in [1.29, 1.82) is 0 Å². The Morgan fingerprint density at radius 3 is 2.63 bits per heavy atom. The Morgan fingerprint density at radius 2 is 2.16 bits per heavy atom. The monoisotopic (exact) mass is 275 g/mol. The molecule has 8 heteroatoms. The first-order valence-corrected chi connectivity index (χ1v) is 5.48. The van der Waals surface area contributed by atoms with Gasteiger partial charge in [0.05, 0.1) is 24.6 Å². The molecule has 104 valence electrons. The zero-order valence-corrected chi connectivity index (χ0v) is 10.0. The number of carbonyl (C=O) groups is 1. The maximum atomic E-state index is 12.9. The Balaban J connectivity index is 2.33. The van der Waals surface area contributed by atoms with Crippen molar-refractivity contribution >= 4 is 17.5 Å². The third-order valence-electron chi connectivity index (χ3n) is 3.00. The van der Waals surface area contributed by atoms with Crippen molar-refractivity contribution in [3.05, 3.63) is 17.8 Å². The Morgan fingerprint density at radius 1 is 1.53 bits per heavy atom. The van der Waals surface area contributed by atoms with Gasteiger partial charge in [-0.15, -0.1) is 0 Å². The molecule has 0 aliphatic heterocycles. The van der Waals surface area contributed by atoms with Crippen molar-refractivity contribution in [3.8, 4) is 0 Å². The van der Waals surface area contributed by atoms with E-state index >= 15 is 0 Å². The fraction of sp³-hybridized carbons (Fsp3) is 0.455. The molecule has 2 rings (SSSR count). The third kappa shape index (κ3) is 2.42. The maximum absolute atomic E-state index is 12.9. The number of halogens is 3. The van der Waals surface area contributed by atoms with E-state index in [4.69, 9.17) is 5.73 Å². The normalized spacial score (nSPS) is 16.8. The summed E-state index contributed by atoms with van der Waals surface area (Å²) in [5.41, 5.74) is 3.34. The second kappa shape index (κ2) is 4.29. The van der Waals surface area contributed by atoms with Gasteiger partial charge >= 0.3 is 12.1 Å². The summed E-state index contributed by atoms with van der Waals surface area (Å²) in [6.07, 6.45) is -3.36. The van der Waals surface area contributed by atoms with E-state index in [0.29, 0.717) is 0 Å². The molecule has 0 bridgehead atoms. The maximum Gasteiger partial charge on any atom is 0.411 e. The van der Waals surface area contributed by atoms with Crippen LogP contribution in [0.2, 0.25) is 0 Å². The summed E-state index contributed by atoms with van der Waals surface area (Å²) in [5, 5.41) is 2.34. The highest BCUT2D eigenvalue weighted by molar-refractivity contribution is 5.96. The first-order valence-electron chi connectivity index (χ1n) is 5.48. The largest absolute Gasteiger partial charge is 0.465 e. The molecular formula is C11H12F3N3O2. The minimum atomic E-state index is -4.39. The van der Waals surface area contributed by atoms with Gasteiger partial charge in [-0.25, -0.2) is 9.78 Å². The molecule has 0 spiro atoms. The molecule has 1 heterocycles. The number of rotatable bonds is 3. The van der Waals surface area contributed by atoms with Crippen molar-refractivity contribution in [2.24, 2.45) is 0 Å². The van der Waals surface area contributed by atoms with Crippen LogP contribution in [0.3, 0.4) is 0 Å². The number of nitrogen functional groups attached to an aromatic ring is 1. The molecular weight excluding hydrogens is 263 g/mol. The smallest absolute Gasteiger partial charge is 0.411 e. The summed E-state index contributed by atoms with van der Waals surface area (Å²) in [6, 6.07) is 1.18. The molecule has 1 aromatic heterocycles. The van der Waals surface area contributed by atoms with Crippen LogP contribution in [0.1, 0.15) is 23.2 Å². The Hall–Kier alpha value is -1.99. The van der Waals surface area contributed by atoms with E-state index in [-0.39, 0.29) is 29.9 Å². The minimum absolute atomic E-state index is 0.0304. The van der Waals surface area contributed by atoms with Crippen LogP contribution in [0.15, 0.2) is 12.3 Å². The van der Waals surface area contributed by atoms with E-state index in [9.17, 15) is 18.0 Å². The topological polar surface area (TPSA) is 77.2 Å². The lowest BCUT2D eigenvalue weighted by Gasteiger charge is -2.22. The lowest BCUT2D eigenvalue weighted by atomic mass is 10.1. The fourth-order valence-electron chi connectivity index (χ4n) is 1.71. The number of ether oxygens (including phenoxy) is 1. The van der Waals surface area contributed by atoms with E-state index in [0.717, 1.165) is 13.3 Å². The van der Waals surface area contributed by atoms with Crippen LogP contribution in [0.25, 0.3) is 0 Å². The molecule has 0 unspecified atom stereocenters. The SMILES string of the molecule is COC(=O)c1cc(N)ncc1NC1(C(F)(F)F)CC1. The lowest BCUT2D eigenvalue weighted by molar-refractivity contribution is -0.151. The molecule has 0 radical (unpaired) electrons. The molecule has 0 atom stereocenters. The summed E-state index contributed by atoms with van der Waals surface area (Å²) < 4.78 is 43.1. The van der Waals surface area contributed by atoms with Gasteiger partial charge in [-0.3, -0.25) is 0 Å². The highest BCUT2D eigenvalue weighted by Gasteiger charge is 2.63. The molecule has 0 aromatic carbocycles. The third-order valence-corrected chi connectivity index (χ3v) is 3.00. The summed E-state index contributed by atoms with van der Waals surface area (Å²) in [5.74, 6) is -0.739. The summed E-state index contributed by atoms with van der Waals surface area (Å²) >= 11 is 0. The number of anilines is 2. The van der Waals surface area contributed by atoms with E-state index in [1.54, 1.807) is 0 Å². The van der Waals surface area contributed by atoms with Crippen LogP contribution >= 0.6 is 0 Å². The standard InChI is InChI=1S/C11H12F3N3O2/c1-19-9(18)6-4-8(15)16-5-7(6)17-10(2-3-10)11(12,13)14/h4-5,17H,2-3H2,1H3,(H2,15,16). The number of pyridine rings is 1. The predicted molar refractivity (Wildman–Crippen MR) is 61.6 cm³/mol. The molecule has 5 nitrogen and oxygen atoms in total. The minimum Gasteiger partial charge on any atom is -0.465 e. The van der Waals surface area contributed by atoms with Crippen molar-refractivity contribution in [3.63, 3.8) is 0 Å². The van der Waals surface area contributed by atoms with Crippen LogP contribution in [0.5, 0.6) is 0 Å². The second-order valence-electron chi connectivity index (χ2n) is 4.35. The van der Waals surface area contributed by atoms with Gasteiger partial charge in [0.15, 0.2) is 0 Å². The van der Waals surface area contributed by atoms with E-state index < -0.39 is 17.7 Å². The first kappa shape index (κ1) is 13.4. The number of hydrogen-bond acceptors (Lipinski definition) is 5. The van der Waals surface area contributed by atoms with Gasteiger partial charge in [0.2, 0.25) is 0 Å². The molecule has 1 aromatic rings. The molecule has 1 saturated carbocycles. The van der Waals surface area contributed by atoms with Crippen molar-refractivity contribution in [2.75, 3.05) is 18.2 Å². The fourth-order valence-corrected chi connectivity index (χ4v) is 1.71. The van der Waals surface area contributed by atoms with Gasteiger partial charge in [-0.05, 0) is 18.9 Å². The van der Waals surface area contributed by atoms with E-state index in [1.807, 2.05) is 0 Å². The summed E-state index contributed by atoms with van der Waals surface area (Å²) in [7, 11) is 1.14. The van der Waals surface area contributed by atoms with Crippen LogP contribution in [0, 0.1) is 0 Å². The molecule has 0 amide bonds. The first-order chi connectivity index (χ1) is 8.79. The number of methoxy groups -OCH3 is 1. The van der Waals surface area contributed by atoms with Gasteiger partial charge in [-0.2, -0.15) is 13.2 Å². The Kier molecular flexibility index (Phi) is 3.03. The van der Waals surface area contributed by atoms with Crippen LogP contribution in [-0.4, -0.2) is 29.8 Å².